The van der Waals surface area contributed by atoms with Crippen LogP contribution < -0.4 is 15.0 Å². The molecule has 8 nitrogen and oxygen atoms in total. The van der Waals surface area contributed by atoms with E-state index in [-0.39, 0.29) is 22.7 Å². The topological polar surface area (TPSA) is 85.5 Å². The Morgan fingerprint density at radius 2 is 1.86 bits per heavy atom. The summed E-state index contributed by atoms with van der Waals surface area (Å²) < 4.78 is 7.14. The van der Waals surface area contributed by atoms with Gasteiger partial charge in [0.1, 0.15) is 11.4 Å². The number of aromatic nitrogens is 2. The zero-order chi connectivity index (χ0) is 26.3. The Bertz CT molecular complexity index is 1490. The summed E-state index contributed by atoms with van der Waals surface area (Å²) in [5.74, 6) is 0.424. The van der Waals surface area contributed by atoms with Crippen LogP contribution in [-0.2, 0) is 0 Å². The molecule has 2 aromatic carbocycles. The van der Waals surface area contributed by atoms with Crippen molar-refractivity contribution in [3.8, 4) is 11.4 Å². The molecule has 3 heterocycles. The van der Waals surface area contributed by atoms with Crippen LogP contribution in [0, 0.1) is 24.0 Å². The van der Waals surface area contributed by atoms with E-state index in [0.717, 1.165) is 28.3 Å². The van der Waals surface area contributed by atoms with Gasteiger partial charge in [0.25, 0.3) is 5.69 Å². The summed E-state index contributed by atoms with van der Waals surface area (Å²) in [7, 11) is 1.49. The van der Waals surface area contributed by atoms with Crippen molar-refractivity contribution in [2.75, 3.05) is 12.0 Å². The Labute approximate surface area is 224 Å². The molecule has 0 amide bonds. The van der Waals surface area contributed by atoms with Crippen molar-refractivity contribution >= 4 is 40.3 Å². The third-order valence-corrected chi connectivity index (χ3v) is 7.18. The third-order valence-electron chi connectivity index (χ3n) is 6.61. The summed E-state index contributed by atoms with van der Waals surface area (Å²) in [5, 5.41) is 16.6. The van der Waals surface area contributed by atoms with Crippen LogP contribution in [0.1, 0.15) is 34.7 Å². The molecule has 1 saturated heterocycles. The van der Waals surface area contributed by atoms with Crippen molar-refractivity contribution in [1.29, 1.82) is 0 Å². The Morgan fingerprint density at radius 3 is 2.51 bits per heavy atom. The average molecular weight is 534 g/mol. The number of thiocarbonyl (C=S) groups is 1. The fourth-order valence-corrected chi connectivity index (χ4v) is 5.45. The highest BCUT2D eigenvalue weighted by Crippen LogP contribution is 2.44. The number of methoxy groups -OCH3 is 1. The minimum absolute atomic E-state index is 0.0383. The number of anilines is 1. The van der Waals surface area contributed by atoms with E-state index in [4.69, 9.17) is 28.6 Å². The molecular formula is C27H24ClN5O3S. The first-order valence-corrected chi connectivity index (χ1v) is 12.4. The lowest BCUT2D eigenvalue weighted by Crippen LogP contribution is -2.29. The highest BCUT2D eigenvalue weighted by molar-refractivity contribution is 7.80. The van der Waals surface area contributed by atoms with Crippen LogP contribution in [0.3, 0.4) is 0 Å². The fraction of sp³-hybridized carbons (Fsp3) is 0.185. The summed E-state index contributed by atoms with van der Waals surface area (Å²) >= 11 is 12.0. The Balaban J connectivity index is 1.70. The smallest absolute Gasteiger partial charge is 0.296 e. The Kier molecular flexibility index (Phi) is 6.57. The van der Waals surface area contributed by atoms with Crippen LogP contribution in [0.4, 0.5) is 11.4 Å². The second-order valence-electron chi connectivity index (χ2n) is 8.75. The molecule has 0 saturated carbocycles. The third kappa shape index (κ3) is 4.41. The summed E-state index contributed by atoms with van der Waals surface area (Å²) in [4.78, 5) is 18.2. The number of hydrogen-bond acceptors (Lipinski definition) is 5. The standard InChI is InChI=1S/C27H24ClN5O3S/c1-16-14-21(17(2)31(16)23-12-11-20(36-3)15-24(23)33(34)35)26-25(22-6-4-5-13-29-22)30-27(37)32(26)19-9-7-18(28)8-10-19/h4-15,25-26H,1-3H3,(H,30,37)/t25-,26-/m1/s1. The second-order valence-corrected chi connectivity index (χ2v) is 9.57. The van der Waals surface area contributed by atoms with Gasteiger partial charge in [0, 0.05) is 28.3 Å². The van der Waals surface area contributed by atoms with Crippen LogP contribution >= 0.6 is 23.8 Å². The molecule has 0 radical (unpaired) electrons. The number of ether oxygens (including phenoxy) is 1. The van der Waals surface area contributed by atoms with Gasteiger partial charge >= 0.3 is 0 Å². The van der Waals surface area contributed by atoms with E-state index in [1.807, 2.05) is 60.9 Å². The molecule has 0 spiro atoms. The van der Waals surface area contributed by atoms with Gasteiger partial charge in [0.2, 0.25) is 0 Å². The first kappa shape index (κ1) is 24.7. The van der Waals surface area contributed by atoms with Gasteiger partial charge in [-0.3, -0.25) is 15.1 Å². The molecule has 0 aliphatic carbocycles. The van der Waals surface area contributed by atoms with Crippen molar-refractivity contribution in [3.05, 3.63) is 111 Å². The first-order valence-electron chi connectivity index (χ1n) is 11.6. The van der Waals surface area contributed by atoms with E-state index >= 15 is 0 Å². The number of aryl methyl sites for hydroxylation is 1. The quantitative estimate of drug-likeness (QED) is 0.178. The molecule has 0 unspecified atom stereocenters. The molecule has 1 aliphatic rings. The molecule has 1 fully saturated rings. The maximum absolute atomic E-state index is 12.0. The van der Waals surface area contributed by atoms with E-state index in [9.17, 15) is 10.1 Å². The largest absolute Gasteiger partial charge is 0.496 e. The monoisotopic (exact) mass is 533 g/mol. The van der Waals surface area contributed by atoms with Crippen LogP contribution in [0.15, 0.2) is 72.9 Å². The number of hydrogen-bond donors (Lipinski definition) is 1. The molecule has 1 N–H and O–H groups in total. The molecule has 188 valence electrons. The van der Waals surface area contributed by atoms with Gasteiger partial charge in [0.15, 0.2) is 5.11 Å². The van der Waals surface area contributed by atoms with E-state index in [1.165, 1.54) is 13.2 Å². The molecule has 4 aromatic rings. The van der Waals surface area contributed by atoms with Crippen molar-refractivity contribution < 1.29 is 9.66 Å². The van der Waals surface area contributed by atoms with Crippen molar-refractivity contribution in [2.24, 2.45) is 0 Å². The van der Waals surface area contributed by atoms with Gasteiger partial charge in [-0.1, -0.05) is 17.7 Å². The first-order chi connectivity index (χ1) is 17.8. The lowest BCUT2D eigenvalue weighted by atomic mass is 9.96. The van der Waals surface area contributed by atoms with Gasteiger partial charge in [-0.2, -0.15) is 0 Å². The molecular weight excluding hydrogens is 510 g/mol. The number of nitrogens with one attached hydrogen (secondary N) is 1. The van der Waals surface area contributed by atoms with Crippen molar-refractivity contribution in [1.82, 2.24) is 14.9 Å². The fourth-order valence-electron chi connectivity index (χ4n) is 4.97. The maximum atomic E-state index is 12.0. The minimum atomic E-state index is -0.390. The van der Waals surface area contributed by atoms with Gasteiger partial charge < -0.3 is 19.5 Å². The molecule has 1 aliphatic heterocycles. The van der Waals surface area contributed by atoms with Crippen molar-refractivity contribution in [3.63, 3.8) is 0 Å². The predicted octanol–water partition coefficient (Wildman–Crippen LogP) is 6.24. The van der Waals surface area contributed by atoms with Crippen LogP contribution in [0.5, 0.6) is 5.75 Å². The van der Waals surface area contributed by atoms with Crippen LogP contribution in [-0.4, -0.2) is 26.7 Å². The molecule has 0 bridgehead atoms. The molecule has 10 heteroatoms. The summed E-state index contributed by atoms with van der Waals surface area (Å²) in [6.07, 6.45) is 1.76. The zero-order valence-corrected chi connectivity index (χ0v) is 22.0. The summed E-state index contributed by atoms with van der Waals surface area (Å²) in [6.45, 7) is 3.90. The van der Waals surface area contributed by atoms with E-state index in [1.54, 1.807) is 18.3 Å². The number of nitro benzene ring substituents is 1. The SMILES string of the molecule is COc1ccc(-n2c(C)cc([C@@H]3[C@@H](c4ccccn4)NC(=S)N3c3ccc(Cl)cc3)c2C)c([N+](=O)[O-])c1. The second kappa shape index (κ2) is 9.84. The Hall–Kier alpha value is -3.95. The summed E-state index contributed by atoms with van der Waals surface area (Å²) in [6, 6.07) is 19.7. The predicted molar refractivity (Wildman–Crippen MR) is 148 cm³/mol. The van der Waals surface area contributed by atoms with E-state index in [0.29, 0.717) is 21.6 Å². The lowest BCUT2D eigenvalue weighted by molar-refractivity contribution is -0.384. The number of pyridine rings is 1. The molecule has 2 aromatic heterocycles. The minimum Gasteiger partial charge on any atom is -0.496 e. The summed E-state index contributed by atoms with van der Waals surface area (Å²) in [5.41, 5.74) is 4.84. The highest BCUT2D eigenvalue weighted by atomic mass is 35.5. The van der Waals surface area contributed by atoms with Gasteiger partial charge in [-0.25, -0.2) is 0 Å². The highest BCUT2D eigenvalue weighted by Gasteiger charge is 2.42. The lowest BCUT2D eigenvalue weighted by Gasteiger charge is -2.28. The van der Waals surface area contributed by atoms with Gasteiger partial charge in [0.05, 0.1) is 35.9 Å². The number of rotatable bonds is 6. The van der Waals surface area contributed by atoms with Crippen molar-refractivity contribution in [2.45, 2.75) is 25.9 Å². The molecule has 5 rings (SSSR count). The van der Waals surface area contributed by atoms with Gasteiger partial charge in [-0.15, -0.1) is 0 Å². The maximum Gasteiger partial charge on any atom is 0.296 e. The number of nitro groups is 1. The number of benzene rings is 2. The Morgan fingerprint density at radius 1 is 1.11 bits per heavy atom. The van der Waals surface area contributed by atoms with Crippen LogP contribution in [0.25, 0.3) is 5.69 Å². The molecule has 2 atom stereocenters. The average Bonchev–Trinajstić information content (AvgIpc) is 3.39. The molecule has 37 heavy (non-hydrogen) atoms. The van der Waals surface area contributed by atoms with E-state index < -0.39 is 0 Å². The van der Waals surface area contributed by atoms with Gasteiger partial charge in [-0.05, 0) is 86.2 Å². The van der Waals surface area contributed by atoms with Crippen LogP contribution in [0.2, 0.25) is 5.02 Å². The normalized spacial score (nSPS) is 17.1. The zero-order valence-electron chi connectivity index (χ0n) is 20.4. The number of halogens is 1. The number of nitrogens with zero attached hydrogens (tertiary/aromatic N) is 4. The van der Waals surface area contributed by atoms with E-state index in [2.05, 4.69) is 21.3 Å².